The minimum Gasteiger partial charge on any atom is -0.494 e. The monoisotopic (exact) mass is 478 g/mol. The number of hydrogen-bond acceptors (Lipinski definition) is 8. The minimum atomic E-state index is -0.655. The lowest BCUT2D eigenvalue weighted by molar-refractivity contribution is -0.117. The maximum atomic E-state index is 12.1. The number of benzene rings is 1. The van der Waals surface area contributed by atoms with Gasteiger partial charge in [0, 0.05) is 42.3 Å². The third kappa shape index (κ3) is 6.15. The Morgan fingerprint density at radius 2 is 2.03 bits per heavy atom. The summed E-state index contributed by atoms with van der Waals surface area (Å²) in [6, 6.07) is 7.14. The molecule has 0 spiro atoms. The highest BCUT2D eigenvalue weighted by Gasteiger charge is 2.30. The SMILES string of the molecule is COc1c(Nc2cc(NC(=O)C3CC3)ncc2C(N)=O)cccc1C(N)=CC=NC1CCCOC1. The fourth-order valence-electron chi connectivity index (χ4n) is 3.80. The van der Waals surface area contributed by atoms with Crippen LogP contribution in [-0.4, -0.2) is 49.4 Å². The molecule has 6 N–H and O–H groups in total. The number of amides is 2. The van der Waals surface area contributed by atoms with E-state index in [4.69, 9.17) is 20.9 Å². The van der Waals surface area contributed by atoms with Crippen molar-refractivity contribution in [3.63, 3.8) is 0 Å². The molecule has 2 aliphatic rings. The average molecular weight is 479 g/mol. The van der Waals surface area contributed by atoms with Gasteiger partial charge in [-0.2, -0.15) is 0 Å². The summed E-state index contributed by atoms with van der Waals surface area (Å²) in [6.45, 7) is 1.40. The van der Waals surface area contributed by atoms with Gasteiger partial charge in [-0.1, -0.05) is 6.07 Å². The molecule has 1 aromatic heterocycles. The van der Waals surface area contributed by atoms with Crippen LogP contribution in [0.5, 0.6) is 5.75 Å². The quantitative estimate of drug-likeness (QED) is 0.404. The molecular formula is C25H30N6O4. The number of allylic oxidation sites excluding steroid dienone is 1. The van der Waals surface area contributed by atoms with Gasteiger partial charge in [0.15, 0.2) is 5.75 Å². The maximum Gasteiger partial charge on any atom is 0.252 e. The Morgan fingerprint density at radius 1 is 1.20 bits per heavy atom. The molecule has 10 nitrogen and oxygen atoms in total. The molecule has 10 heteroatoms. The first-order valence-corrected chi connectivity index (χ1v) is 11.6. The molecule has 35 heavy (non-hydrogen) atoms. The summed E-state index contributed by atoms with van der Waals surface area (Å²) in [7, 11) is 1.54. The second-order valence-electron chi connectivity index (χ2n) is 8.55. The summed E-state index contributed by atoms with van der Waals surface area (Å²) in [4.78, 5) is 32.8. The molecule has 1 saturated carbocycles. The van der Waals surface area contributed by atoms with Gasteiger partial charge in [-0.05, 0) is 43.9 Å². The number of hydrogen-bond donors (Lipinski definition) is 4. The van der Waals surface area contributed by atoms with E-state index in [1.807, 2.05) is 12.1 Å². The number of anilines is 3. The zero-order chi connectivity index (χ0) is 24.8. The highest BCUT2D eigenvalue weighted by atomic mass is 16.5. The molecule has 2 aromatic rings. The molecule has 2 fully saturated rings. The van der Waals surface area contributed by atoms with E-state index in [-0.39, 0.29) is 23.4 Å². The number of ether oxygens (including phenoxy) is 2. The van der Waals surface area contributed by atoms with Gasteiger partial charge in [-0.15, -0.1) is 0 Å². The normalized spacial score (nSPS) is 18.3. The first-order chi connectivity index (χ1) is 17.0. The van der Waals surface area contributed by atoms with Gasteiger partial charge in [0.1, 0.15) is 5.82 Å². The molecular weight excluding hydrogens is 448 g/mol. The number of nitrogens with two attached hydrogens (primary N) is 2. The van der Waals surface area contributed by atoms with Crippen LogP contribution in [0.2, 0.25) is 0 Å². The van der Waals surface area contributed by atoms with Crippen molar-refractivity contribution >= 4 is 40.9 Å². The second-order valence-corrected chi connectivity index (χ2v) is 8.55. The van der Waals surface area contributed by atoms with Crippen molar-refractivity contribution in [3.05, 3.63) is 47.7 Å². The standard InChI is InChI=1S/C25H30N6O4/c1-34-23-17(19(26)9-10-28-16-4-3-11-35-14-16)5-2-6-20(23)30-21-12-22(29-13-18(21)24(27)32)31-25(33)15-7-8-15/h2,5-6,9-10,12-13,15-16H,3-4,7-8,11,14,26H2,1H3,(H2,27,32)(H2,29,30,31,33). The molecule has 1 saturated heterocycles. The van der Waals surface area contributed by atoms with E-state index < -0.39 is 5.91 Å². The van der Waals surface area contributed by atoms with Crippen molar-refractivity contribution in [1.82, 2.24) is 4.98 Å². The maximum absolute atomic E-state index is 12.1. The molecule has 4 rings (SSSR count). The van der Waals surface area contributed by atoms with Gasteiger partial charge in [0.25, 0.3) is 5.91 Å². The number of aromatic nitrogens is 1. The molecule has 1 aliphatic heterocycles. The summed E-state index contributed by atoms with van der Waals surface area (Å²) >= 11 is 0. The summed E-state index contributed by atoms with van der Waals surface area (Å²) in [6.07, 6.45) is 8.48. The smallest absolute Gasteiger partial charge is 0.252 e. The zero-order valence-corrected chi connectivity index (χ0v) is 19.6. The van der Waals surface area contributed by atoms with Gasteiger partial charge in [0.2, 0.25) is 5.91 Å². The van der Waals surface area contributed by atoms with E-state index in [9.17, 15) is 9.59 Å². The summed E-state index contributed by atoms with van der Waals surface area (Å²) < 4.78 is 11.1. The molecule has 2 heterocycles. The van der Waals surface area contributed by atoms with E-state index in [0.29, 0.717) is 40.8 Å². The topological polar surface area (TPSA) is 154 Å². The largest absolute Gasteiger partial charge is 0.494 e. The van der Waals surface area contributed by atoms with E-state index in [0.717, 1.165) is 32.3 Å². The van der Waals surface area contributed by atoms with Gasteiger partial charge in [-0.3, -0.25) is 14.6 Å². The van der Waals surface area contributed by atoms with Crippen LogP contribution < -0.4 is 26.8 Å². The third-order valence-corrected chi connectivity index (χ3v) is 5.86. The van der Waals surface area contributed by atoms with Crippen LogP contribution in [0.1, 0.15) is 41.6 Å². The Hall–Kier alpha value is -3.92. The van der Waals surface area contributed by atoms with Crippen molar-refractivity contribution in [2.75, 3.05) is 31.0 Å². The number of carbonyl (C=O) groups excluding carboxylic acids is 2. The van der Waals surface area contributed by atoms with Crippen LogP contribution in [-0.2, 0) is 9.53 Å². The van der Waals surface area contributed by atoms with E-state index >= 15 is 0 Å². The predicted octanol–water partition coefficient (Wildman–Crippen LogP) is 2.83. The second kappa shape index (κ2) is 11.0. The van der Waals surface area contributed by atoms with Crippen LogP contribution in [0, 0.1) is 5.92 Å². The van der Waals surface area contributed by atoms with Gasteiger partial charge in [0.05, 0.1) is 36.7 Å². The number of para-hydroxylation sites is 1. The van der Waals surface area contributed by atoms with E-state index in [2.05, 4.69) is 20.6 Å². The Balaban J connectivity index is 1.58. The van der Waals surface area contributed by atoms with E-state index in [1.54, 1.807) is 24.4 Å². The number of methoxy groups -OCH3 is 1. The van der Waals surface area contributed by atoms with Crippen LogP contribution in [0.4, 0.5) is 17.2 Å². The number of nitrogens with one attached hydrogen (secondary N) is 2. The molecule has 1 aromatic carbocycles. The number of primary amides is 1. The lowest BCUT2D eigenvalue weighted by Crippen LogP contribution is -2.20. The Kier molecular flexibility index (Phi) is 7.61. The van der Waals surface area contributed by atoms with E-state index in [1.165, 1.54) is 13.3 Å². The molecule has 0 radical (unpaired) electrons. The third-order valence-electron chi connectivity index (χ3n) is 5.86. The fraction of sp³-hybridized carbons (Fsp3) is 0.360. The number of carbonyl (C=O) groups is 2. The molecule has 1 atom stereocenters. The van der Waals surface area contributed by atoms with Gasteiger partial charge < -0.3 is 31.6 Å². The number of rotatable bonds is 9. The lowest BCUT2D eigenvalue weighted by atomic mass is 10.1. The highest BCUT2D eigenvalue weighted by Crippen LogP contribution is 2.35. The molecule has 1 unspecified atom stereocenters. The predicted molar refractivity (Wildman–Crippen MR) is 135 cm³/mol. The first kappa shape index (κ1) is 24.2. The van der Waals surface area contributed by atoms with Crippen LogP contribution in [0.3, 0.4) is 0 Å². The number of pyridine rings is 1. The Labute approximate surface area is 203 Å². The minimum absolute atomic E-state index is 0.0183. The molecule has 0 bridgehead atoms. The van der Waals surface area contributed by atoms with Gasteiger partial charge >= 0.3 is 0 Å². The van der Waals surface area contributed by atoms with Crippen LogP contribution >= 0.6 is 0 Å². The molecule has 184 valence electrons. The first-order valence-electron chi connectivity index (χ1n) is 11.6. The summed E-state index contributed by atoms with van der Waals surface area (Å²) in [5, 5.41) is 5.96. The average Bonchev–Trinajstić information content (AvgIpc) is 3.70. The summed E-state index contributed by atoms with van der Waals surface area (Å²) in [5.74, 6) is 0.0785. The van der Waals surface area contributed by atoms with Crippen molar-refractivity contribution in [1.29, 1.82) is 0 Å². The van der Waals surface area contributed by atoms with Crippen molar-refractivity contribution in [3.8, 4) is 5.75 Å². The molecule has 1 aliphatic carbocycles. The van der Waals surface area contributed by atoms with Gasteiger partial charge in [-0.25, -0.2) is 4.98 Å². The Morgan fingerprint density at radius 3 is 2.71 bits per heavy atom. The number of nitrogens with zero attached hydrogens (tertiary/aromatic N) is 2. The van der Waals surface area contributed by atoms with Crippen molar-refractivity contribution in [2.24, 2.45) is 22.4 Å². The van der Waals surface area contributed by atoms with Crippen molar-refractivity contribution in [2.45, 2.75) is 31.7 Å². The lowest BCUT2D eigenvalue weighted by Gasteiger charge is -2.18. The highest BCUT2D eigenvalue weighted by molar-refractivity contribution is 6.01. The fourth-order valence-corrected chi connectivity index (χ4v) is 3.80. The van der Waals surface area contributed by atoms with Crippen molar-refractivity contribution < 1.29 is 19.1 Å². The van der Waals surface area contributed by atoms with Crippen LogP contribution in [0.25, 0.3) is 5.70 Å². The van der Waals surface area contributed by atoms with Crippen LogP contribution in [0.15, 0.2) is 41.5 Å². The zero-order valence-electron chi connectivity index (χ0n) is 19.6. The number of aliphatic imine (C=N–C) groups is 1. The molecule has 2 amide bonds. The Bertz CT molecular complexity index is 1150. The summed E-state index contributed by atoms with van der Waals surface area (Å²) in [5.41, 5.74) is 14.1.